The molecule has 7 nitrogen and oxygen atoms in total. The smallest absolute Gasteiger partial charge is 0.273 e. The number of aromatic nitrogens is 1. The molecule has 0 radical (unpaired) electrons. The van der Waals surface area contributed by atoms with E-state index in [1.807, 2.05) is 115 Å². The Labute approximate surface area is 233 Å². The van der Waals surface area contributed by atoms with E-state index in [2.05, 4.69) is 20.5 Å². The number of carbonyl (C=O) groups is 2. The van der Waals surface area contributed by atoms with Crippen molar-refractivity contribution >= 4 is 23.2 Å². The lowest BCUT2D eigenvalue weighted by Gasteiger charge is -2.25. The molecule has 2 amide bonds. The Bertz CT molecular complexity index is 1480. The predicted octanol–water partition coefficient (Wildman–Crippen LogP) is 5.88. The van der Waals surface area contributed by atoms with Gasteiger partial charge in [0.15, 0.2) is 11.6 Å². The number of para-hydroxylation sites is 2. The van der Waals surface area contributed by atoms with E-state index >= 15 is 0 Å². The fourth-order valence-corrected chi connectivity index (χ4v) is 4.35. The molecule has 1 aromatic heterocycles. The van der Waals surface area contributed by atoms with Gasteiger partial charge in [-0.05, 0) is 47.5 Å². The van der Waals surface area contributed by atoms with Crippen LogP contribution in [0.4, 0.5) is 11.4 Å². The Morgan fingerprint density at radius 3 is 1.82 bits per heavy atom. The fraction of sp³-hybridized carbons (Fsp3) is 0.121. The first kappa shape index (κ1) is 26.4. The molecule has 0 fully saturated rings. The maximum Gasteiger partial charge on any atom is 0.273 e. The van der Waals surface area contributed by atoms with Crippen LogP contribution >= 0.6 is 0 Å². The molecule has 0 bridgehead atoms. The van der Waals surface area contributed by atoms with Crippen LogP contribution in [0.2, 0.25) is 0 Å². The lowest BCUT2D eigenvalue weighted by atomic mass is 10.0. The van der Waals surface area contributed by atoms with Crippen molar-refractivity contribution in [2.75, 3.05) is 24.5 Å². The molecule has 40 heavy (non-hydrogen) atoms. The second-order valence-corrected chi connectivity index (χ2v) is 9.15. The molecule has 0 aliphatic carbocycles. The van der Waals surface area contributed by atoms with Crippen LogP contribution in [0, 0.1) is 0 Å². The van der Waals surface area contributed by atoms with Gasteiger partial charge in [-0.3, -0.25) is 9.59 Å². The Morgan fingerprint density at radius 2 is 1.20 bits per heavy atom. The summed E-state index contributed by atoms with van der Waals surface area (Å²) >= 11 is 0. The first-order valence-electron chi connectivity index (χ1n) is 13.2. The average molecular weight is 531 g/mol. The number of hydrogen-bond acceptors (Lipinski definition) is 5. The fourth-order valence-electron chi connectivity index (χ4n) is 4.35. The highest BCUT2D eigenvalue weighted by Gasteiger charge is 2.14. The summed E-state index contributed by atoms with van der Waals surface area (Å²) in [5.41, 5.74) is 5.02. The number of amides is 2. The van der Waals surface area contributed by atoms with Crippen LogP contribution in [-0.4, -0.2) is 36.4 Å². The van der Waals surface area contributed by atoms with Crippen LogP contribution in [0.5, 0.6) is 0 Å². The van der Waals surface area contributed by atoms with Gasteiger partial charge in [0, 0.05) is 43.0 Å². The maximum atomic E-state index is 12.7. The van der Waals surface area contributed by atoms with E-state index in [4.69, 9.17) is 4.42 Å². The summed E-state index contributed by atoms with van der Waals surface area (Å²) in [4.78, 5) is 31.7. The zero-order valence-corrected chi connectivity index (χ0v) is 22.0. The van der Waals surface area contributed by atoms with E-state index in [-0.39, 0.29) is 17.5 Å². The monoisotopic (exact) mass is 530 g/mol. The van der Waals surface area contributed by atoms with Crippen LogP contribution in [-0.2, 0) is 6.42 Å². The molecule has 7 heteroatoms. The highest BCUT2D eigenvalue weighted by Crippen LogP contribution is 2.24. The van der Waals surface area contributed by atoms with Crippen LogP contribution in [0.25, 0.3) is 11.1 Å². The topological polar surface area (TPSA) is 87.5 Å². The molecule has 4 aromatic carbocycles. The highest BCUT2D eigenvalue weighted by atomic mass is 16.3. The van der Waals surface area contributed by atoms with Gasteiger partial charge in [0.2, 0.25) is 0 Å². The summed E-state index contributed by atoms with van der Waals surface area (Å²) < 4.78 is 5.47. The number of nitrogens with one attached hydrogen (secondary N) is 2. The predicted molar refractivity (Wildman–Crippen MR) is 157 cm³/mol. The minimum atomic E-state index is -0.307. The lowest BCUT2D eigenvalue weighted by molar-refractivity contribution is 0.0942. The summed E-state index contributed by atoms with van der Waals surface area (Å²) in [6, 6.07) is 37.6. The minimum absolute atomic E-state index is 0.175. The molecule has 0 saturated carbocycles. The molecule has 0 saturated heterocycles. The van der Waals surface area contributed by atoms with Crippen molar-refractivity contribution in [1.29, 1.82) is 0 Å². The van der Waals surface area contributed by atoms with Crippen LogP contribution < -0.4 is 15.5 Å². The van der Waals surface area contributed by atoms with Crippen molar-refractivity contribution in [2.24, 2.45) is 0 Å². The molecule has 0 aliphatic heterocycles. The summed E-state index contributed by atoms with van der Waals surface area (Å²) in [5, 5.41) is 5.80. The summed E-state index contributed by atoms with van der Waals surface area (Å²) in [6.45, 7) is 1.34. The third-order valence-corrected chi connectivity index (χ3v) is 6.42. The normalized spacial score (nSPS) is 10.6. The SMILES string of the molecule is O=C(NCCc1nc(C(=O)NCCN(c2ccccc2)c2ccccc2)co1)c1ccc(-c2ccccc2)cc1. The zero-order valence-electron chi connectivity index (χ0n) is 22.0. The number of rotatable bonds is 11. The zero-order chi connectivity index (χ0) is 27.6. The molecule has 2 N–H and O–H groups in total. The van der Waals surface area contributed by atoms with E-state index in [0.29, 0.717) is 37.5 Å². The molecule has 5 rings (SSSR count). The second kappa shape index (κ2) is 13.1. The maximum absolute atomic E-state index is 12.7. The second-order valence-electron chi connectivity index (χ2n) is 9.15. The molecule has 1 heterocycles. The standard InChI is InChI=1S/C33H30N4O3/c38-32(27-18-16-26(17-19-27)25-10-4-1-5-11-25)34-21-20-31-36-30(24-40-31)33(39)35-22-23-37(28-12-6-2-7-13-28)29-14-8-3-9-15-29/h1-19,24H,20-23H2,(H,34,38)(H,35,39). The van der Waals surface area contributed by atoms with Crippen molar-refractivity contribution in [2.45, 2.75) is 6.42 Å². The molecule has 0 unspecified atom stereocenters. The molecule has 5 aromatic rings. The van der Waals surface area contributed by atoms with Crippen molar-refractivity contribution in [3.63, 3.8) is 0 Å². The molecule has 0 spiro atoms. The molecule has 0 atom stereocenters. The summed E-state index contributed by atoms with van der Waals surface area (Å²) in [6.07, 6.45) is 1.72. The van der Waals surface area contributed by atoms with Crippen LogP contribution in [0.3, 0.4) is 0 Å². The van der Waals surface area contributed by atoms with E-state index < -0.39 is 0 Å². The first-order valence-corrected chi connectivity index (χ1v) is 13.2. The Balaban J connectivity index is 1.09. The van der Waals surface area contributed by atoms with Crippen molar-refractivity contribution < 1.29 is 14.0 Å². The Hall–Kier alpha value is -5.17. The van der Waals surface area contributed by atoms with Crippen LogP contribution in [0.1, 0.15) is 26.7 Å². The van der Waals surface area contributed by atoms with Gasteiger partial charge >= 0.3 is 0 Å². The first-order chi connectivity index (χ1) is 19.7. The van der Waals surface area contributed by atoms with Gasteiger partial charge in [0.05, 0.1) is 0 Å². The van der Waals surface area contributed by atoms with Crippen LogP contribution in [0.15, 0.2) is 126 Å². The number of hydrogen-bond donors (Lipinski definition) is 2. The summed E-state index contributed by atoms with van der Waals surface area (Å²) in [7, 11) is 0. The third kappa shape index (κ3) is 6.82. The summed E-state index contributed by atoms with van der Waals surface area (Å²) in [5.74, 6) is -0.0933. The number of nitrogens with zero attached hydrogens (tertiary/aromatic N) is 2. The number of oxazole rings is 1. The van der Waals surface area contributed by atoms with Gasteiger partial charge in [0.25, 0.3) is 11.8 Å². The van der Waals surface area contributed by atoms with Gasteiger partial charge < -0.3 is 20.0 Å². The van der Waals surface area contributed by atoms with Gasteiger partial charge in [-0.25, -0.2) is 4.98 Å². The van der Waals surface area contributed by atoms with Crippen molar-refractivity contribution in [3.05, 3.63) is 139 Å². The minimum Gasteiger partial charge on any atom is -0.448 e. The quantitative estimate of drug-likeness (QED) is 0.223. The highest BCUT2D eigenvalue weighted by molar-refractivity contribution is 5.94. The molecule has 0 aliphatic rings. The average Bonchev–Trinajstić information content (AvgIpc) is 3.50. The van der Waals surface area contributed by atoms with E-state index in [1.54, 1.807) is 0 Å². The largest absolute Gasteiger partial charge is 0.448 e. The third-order valence-electron chi connectivity index (χ3n) is 6.42. The molecular formula is C33H30N4O3. The van der Waals surface area contributed by atoms with Gasteiger partial charge in [-0.1, -0.05) is 78.9 Å². The van der Waals surface area contributed by atoms with Gasteiger partial charge in [0.1, 0.15) is 6.26 Å². The number of anilines is 2. The number of carbonyl (C=O) groups excluding carboxylic acids is 2. The van der Waals surface area contributed by atoms with E-state index in [1.165, 1.54) is 6.26 Å². The number of benzene rings is 4. The Kier molecular flexibility index (Phi) is 8.63. The van der Waals surface area contributed by atoms with Crippen molar-refractivity contribution in [3.8, 4) is 11.1 Å². The van der Waals surface area contributed by atoms with E-state index in [9.17, 15) is 9.59 Å². The Morgan fingerprint density at radius 1 is 0.650 bits per heavy atom. The van der Waals surface area contributed by atoms with E-state index in [0.717, 1.165) is 22.5 Å². The van der Waals surface area contributed by atoms with Gasteiger partial charge in [-0.2, -0.15) is 0 Å². The lowest BCUT2D eigenvalue weighted by Crippen LogP contribution is -2.33. The molecular weight excluding hydrogens is 500 g/mol. The van der Waals surface area contributed by atoms with Gasteiger partial charge in [-0.15, -0.1) is 0 Å². The van der Waals surface area contributed by atoms with Crippen molar-refractivity contribution in [1.82, 2.24) is 15.6 Å². The molecule has 200 valence electrons.